The van der Waals surface area contributed by atoms with Gasteiger partial charge in [0.05, 0.1) is 23.8 Å². The summed E-state index contributed by atoms with van der Waals surface area (Å²) < 4.78 is 6.59. The van der Waals surface area contributed by atoms with Crippen LogP contribution >= 0.6 is 34.4 Å². The first kappa shape index (κ1) is 23.3. The van der Waals surface area contributed by atoms with E-state index in [0.717, 1.165) is 71.2 Å². The minimum atomic E-state index is -0.417. The molecular formula is C24H25N3O4S3. The van der Waals surface area contributed by atoms with Crippen LogP contribution in [0.5, 0.6) is 0 Å². The molecule has 7 nitrogen and oxygen atoms in total. The molecule has 3 aromatic heterocycles. The third-order valence-corrected chi connectivity index (χ3v) is 9.62. The summed E-state index contributed by atoms with van der Waals surface area (Å²) in [5.74, 6) is -0.592. The predicted molar refractivity (Wildman–Crippen MR) is 138 cm³/mol. The SMILES string of the molecule is C=CCn1c(SCC(=O)Nc2sc3c(c2C(=O)OC)CCCC3)nc2sc3c(c2c1=O)CCC3. The number of thioether (sulfide) groups is 1. The van der Waals surface area contributed by atoms with Gasteiger partial charge in [0.15, 0.2) is 5.16 Å². The molecule has 0 spiro atoms. The van der Waals surface area contributed by atoms with Gasteiger partial charge < -0.3 is 10.1 Å². The molecule has 5 rings (SSSR count). The maximum atomic E-state index is 13.3. The van der Waals surface area contributed by atoms with E-state index < -0.39 is 5.97 Å². The lowest BCUT2D eigenvalue weighted by atomic mass is 9.95. The van der Waals surface area contributed by atoms with E-state index in [4.69, 9.17) is 9.72 Å². The molecular weight excluding hydrogens is 490 g/mol. The molecule has 0 saturated carbocycles. The highest BCUT2D eigenvalue weighted by atomic mass is 32.2. The Morgan fingerprint density at radius 1 is 1.15 bits per heavy atom. The fourth-order valence-corrected chi connectivity index (χ4v) is 8.13. The lowest BCUT2D eigenvalue weighted by Crippen LogP contribution is -2.24. The van der Waals surface area contributed by atoms with E-state index >= 15 is 0 Å². The zero-order valence-corrected chi connectivity index (χ0v) is 21.4. The minimum absolute atomic E-state index is 0.0638. The number of nitrogens with one attached hydrogen (secondary N) is 1. The Labute approximate surface area is 209 Å². The molecule has 0 bridgehead atoms. The van der Waals surface area contributed by atoms with Gasteiger partial charge >= 0.3 is 5.97 Å². The molecule has 0 radical (unpaired) electrons. The first-order chi connectivity index (χ1) is 16.5. The number of hydrogen-bond acceptors (Lipinski definition) is 8. The number of amides is 1. The molecule has 178 valence electrons. The second kappa shape index (κ2) is 9.67. The summed E-state index contributed by atoms with van der Waals surface area (Å²) in [6, 6.07) is 0. The third-order valence-electron chi connectivity index (χ3n) is 6.25. The Morgan fingerprint density at radius 2 is 1.88 bits per heavy atom. The average molecular weight is 516 g/mol. The molecule has 1 N–H and O–H groups in total. The number of methoxy groups -OCH3 is 1. The topological polar surface area (TPSA) is 90.3 Å². The van der Waals surface area contributed by atoms with Crippen molar-refractivity contribution in [1.29, 1.82) is 0 Å². The van der Waals surface area contributed by atoms with Gasteiger partial charge in [0.1, 0.15) is 9.83 Å². The van der Waals surface area contributed by atoms with Crippen molar-refractivity contribution >= 4 is 61.5 Å². The van der Waals surface area contributed by atoms with E-state index in [1.165, 1.54) is 35.1 Å². The fourth-order valence-electron chi connectivity index (χ4n) is 4.72. The molecule has 1 amide bonds. The van der Waals surface area contributed by atoms with Crippen molar-refractivity contribution in [1.82, 2.24) is 9.55 Å². The molecule has 10 heteroatoms. The van der Waals surface area contributed by atoms with Gasteiger partial charge in [0.25, 0.3) is 5.56 Å². The molecule has 0 atom stereocenters. The normalized spacial score (nSPS) is 14.6. The molecule has 2 aliphatic rings. The van der Waals surface area contributed by atoms with Crippen LogP contribution in [0, 0.1) is 0 Å². The predicted octanol–water partition coefficient (Wildman–Crippen LogP) is 4.59. The molecule has 0 saturated heterocycles. The van der Waals surface area contributed by atoms with Gasteiger partial charge in [-0.05, 0) is 56.1 Å². The molecule has 0 aliphatic heterocycles. The Bertz CT molecular complexity index is 1370. The van der Waals surface area contributed by atoms with Crippen molar-refractivity contribution in [2.45, 2.75) is 56.6 Å². The van der Waals surface area contributed by atoms with Gasteiger partial charge in [-0.2, -0.15) is 0 Å². The van der Waals surface area contributed by atoms with Crippen molar-refractivity contribution in [2.24, 2.45) is 0 Å². The Kier molecular flexibility index (Phi) is 6.63. The fraction of sp³-hybridized carbons (Fsp3) is 0.417. The third kappa shape index (κ3) is 4.12. The number of thiophene rings is 2. The summed E-state index contributed by atoms with van der Waals surface area (Å²) in [7, 11) is 1.36. The highest BCUT2D eigenvalue weighted by Gasteiger charge is 2.27. The van der Waals surface area contributed by atoms with E-state index in [9.17, 15) is 14.4 Å². The summed E-state index contributed by atoms with van der Waals surface area (Å²) in [6.07, 6.45) is 8.51. The van der Waals surface area contributed by atoms with Crippen LogP contribution in [0.25, 0.3) is 10.2 Å². The van der Waals surface area contributed by atoms with Crippen molar-refractivity contribution in [3.63, 3.8) is 0 Å². The zero-order chi connectivity index (χ0) is 23.8. The molecule has 3 heterocycles. The number of rotatable bonds is 7. The molecule has 3 aromatic rings. The second-order valence-electron chi connectivity index (χ2n) is 8.38. The Hall–Kier alpha value is -2.43. The number of nitrogens with zero attached hydrogens (tertiary/aromatic N) is 2. The van der Waals surface area contributed by atoms with Crippen LogP contribution in [-0.2, 0) is 41.8 Å². The number of aromatic nitrogens is 2. The van der Waals surface area contributed by atoms with Crippen molar-refractivity contribution in [2.75, 3.05) is 18.2 Å². The number of aryl methyl sites for hydroxylation is 3. The van der Waals surface area contributed by atoms with Crippen LogP contribution in [0.2, 0.25) is 0 Å². The number of allylic oxidation sites excluding steroid dienone is 1. The number of carbonyl (C=O) groups is 2. The Morgan fingerprint density at radius 3 is 2.68 bits per heavy atom. The smallest absolute Gasteiger partial charge is 0.341 e. The van der Waals surface area contributed by atoms with E-state index in [1.807, 2.05) is 0 Å². The van der Waals surface area contributed by atoms with Crippen molar-refractivity contribution in [3.8, 4) is 0 Å². The first-order valence-corrected chi connectivity index (χ1v) is 13.9. The lowest BCUT2D eigenvalue weighted by molar-refractivity contribution is -0.113. The second-order valence-corrected chi connectivity index (χ2v) is 11.5. The first-order valence-electron chi connectivity index (χ1n) is 11.3. The average Bonchev–Trinajstić information content (AvgIpc) is 3.51. The summed E-state index contributed by atoms with van der Waals surface area (Å²) in [5.41, 5.74) is 2.56. The van der Waals surface area contributed by atoms with Crippen LogP contribution in [-0.4, -0.2) is 34.3 Å². The van der Waals surface area contributed by atoms with Crippen molar-refractivity contribution in [3.05, 3.63) is 49.5 Å². The van der Waals surface area contributed by atoms with Gasteiger partial charge in [-0.3, -0.25) is 14.2 Å². The quantitative estimate of drug-likeness (QED) is 0.214. The van der Waals surface area contributed by atoms with Crippen LogP contribution in [0.4, 0.5) is 5.00 Å². The van der Waals surface area contributed by atoms with E-state index in [-0.39, 0.29) is 17.2 Å². The summed E-state index contributed by atoms with van der Waals surface area (Å²) in [5, 5.41) is 4.69. The van der Waals surface area contributed by atoms with Crippen LogP contribution in [0.15, 0.2) is 22.6 Å². The number of esters is 1. The van der Waals surface area contributed by atoms with E-state index in [2.05, 4.69) is 11.9 Å². The highest BCUT2D eigenvalue weighted by molar-refractivity contribution is 7.99. The molecule has 0 unspecified atom stereocenters. The monoisotopic (exact) mass is 515 g/mol. The highest BCUT2D eigenvalue weighted by Crippen LogP contribution is 2.39. The largest absolute Gasteiger partial charge is 0.465 e. The lowest BCUT2D eigenvalue weighted by Gasteiger charge is -2.12. The number of anilines is 1. The Balaban J connectivity index is 1.39. The van der Waals surface area contributed by atoms with Gasteiger partial charge in [-0.15, -0.1) is 29.3 Å². The zero-order valence-electron chi connectivity index (χ0n) is 18.9. The number of hydrogen-bond donors (Lipinski definition) is 1. The van der Waals surface area contributed by atoms with Crippen LogP contribution < -0.4 is 10.9 Å². The number of fused-ring (bicyclic) bond motifs is 4. The van der Waals surface area contributed by atoms with Gasteiger partial charge in [0, 0.05) is 16.3 Å². The molecule has 0 aromatic carbocycles. The van der Waals surface area contributed by atoms with E-state index in [0.29, 0.717) is 22.3 Å². The van der Waals surface area contributed by atoms with Crippen molar-refractivity contribution < 1.29 is 14.3 Å². The summed E-state index contributed by atoms with van der Waals surface area (Å²) in [6.45, 7) is 4.11. The van der Waals surface area contributed by atoms with Gasteiger partial charge in [-0.25, -0.2) is 9.78 Å². The number of carbonyl (C=O) groups excluding carboxylic acids is 2. The molecule has 0 fully saturated rings. The van der Waals surface area contributed by atoms with Gasteiger partial charge in [0.2, 0.25) is 5.91 Å². The minimum Gasteiger partial charge on any atom is -0.465 e. The maximum Gasteiger partial charge on any atom is 0.341 e. The maximum absolute atomic E-state index is 13.3. The molecule has 2 aliphatic carbocycles. The van der Waals surface area contributed by atoms with Crippen LogP contribution in [0.3, 0.4) is 0 Å². The standard InChI is InChI=1S/C24H25N3O4S3/c1-3-11-27-22(29)18-13-8-6-10-16(13)33-20(18)26-24(27)32-12-17(28)25-21-19(23(30)31-2)14-7-4-5-9-15(14)34-21/h3H,1,4-12H2,2H3,(H,25,28). The van der Waals surface area contributed by atoms with E-state index in [1.54, 1.807) is 22.0 Å². The summed E-state index contributed by atoms with van der Waals surface area (Å²) in [4.78, 5) is 46.5. The molecule has 34 heavy (non-hydrogen) atoms. The number of ether oxygens (including phenoxy) is 1. The van der Waals surface area contributed by atoms with Crippen LogP contribution in [0.1, 0.15) is 50.5 Å². The van der Waals surface area contributed by atoms with Gasteiger partial charge in [-0.1, -0.05) is 17.8 Å². The summed E-state index contributed by atoms with van der Waals surface area (Å²) >= 11 is 4.27.